The number of benzene rings is 1. The van der Waals surface area contributed by atoms with E-state index in [1.54, 1.807) is 7.11 Å². The fraction of sp³-hybridized carbons (Fsp3) is 0.100. The van der Waals surface area contributed by atoms with Gasteiger partial charge in [-0.2, -0.15) is 0 Å². The first kappa shape index (κ1) is 9.56. The molecule has 2 nitrogen and oxygen atoms in total. The topological polar surface area (TPSA) is 22.1 Å². The van der Waals surface area contributed by atoms with E-state index in [-0.39, 0.29) is 0 Å². The van der Waals surface area contributed by atoms with Crippen LogP contribution in [0.2, 0.25) is 10.2 Å². The van der Waals surface area contributed by atoms with Gasteiger partial charge >= 0.3 is 0 Å². The quantitative estimate of drug-likeness (QED) is 0.696. The number of hydrogen-bond acceptors (Lipinski definition) is 2. The zero-order chi connectivity index (χ0) is 10.1. The normalized spacial score (nSPS) is 10.5. The number of nitrogens with zero attached hydrogens (tertiary/aromatic N) is 1. The van der Waals surface area contributed by atoms with Crippen LogP contribution in [0.15, 0.2) is 24.4 Å². The van der Waals surface area contributed by atoms with Crippen LogP contribution in [0.5, 0.6) is 5.75 Å². The van der Waals surface area contributed by atoms with Crippen molar-refractivity contribution in [1.82, 2.24) is 4.98 Å². The highest BCUT2D eigenvalue weighted by Crippen LogP contribution is 2.34. The van der Waals surface area contributed by atoms with E-state index in [2.05, 4.69) is 4.98 Å². The summed E-state index contributed by atoms with van der Waals surface area (Å²) in [5.74, 6) is 0.705. The molecule has 0 aliphatic heterocycles. The van der Waals surface area contributed by atoms with Gasteiger partial charge in [0.25, 0.3) is 0 Å². The highest BCUT2D eigenvalue weighted by Gasteiger charge is 2.08. The molecule has 2 aromatic rings. The molecule has 1 aromatic heterocycles. The molecule has 0 amide bonds. The molecule has 0 aliphatic carbocycles. The fourth-order valence-electron chi connectivity index (χ4n) is 1.37. The van der Waals surface area contributed by atoms with Crippen LogP contribution in [0.3, 0.4) is 0 Å². The molecule has 4 heteroatoms. The molecule has 0 spiro atoms. The van der Waals surface area contributed by atoms with Crippen LogP contribution in [-0.4, -0.2) is 12.1 Å². The molecule has 0 saturated heterocycles. The zero-order valence-corrected chi connectivity index (χ0v) is 8.93. The van der Waals surface area contributed by atoms with Crippen molar-refractivity contribution in [2.24, 2.45) is 0 Å². The molecule has 0 saturated carbocycles. The van der Waals surface area contributed by atoms with Crippen LogP contribution < -0.4 is 4.74 Å². The Morgan fingerprint density at radius 2 is 2.07 bits per heavy atom. The maximum Gasteiger partial charge on any atom is 0.137 e. The third kappa shape index (κ3) is 1.41. The molecule has 0 N–H and O–H groups in total. The highest BCUT2D eigenvalue weighted by atomic mass is 35.5. The first-order valence-corrected chi connectivity index (χ1v) is 4.76. The van der Waals surface area contributed by atoms with E-state index in [9.17, 15) is 0 Å². The maximum atomic E-state index is 6.01. The lowest BCUT2D eigenvalue weighted by Gasteiger charge is -2.07. The van der Waals surface area contributed by atoms with E-state index in [1.165, 1.54) is 6.20 Å². The Morgan fingerprint density at radius 1 is 1.29 bits per heavy atom. The molecular formula is C10H7Cl2NO. The average Bonchev–Trinajstić information content (AvgIpc) is 2.23. The molecule has 0 unspecified atom stereocenters. The molecule has 0 bridgehead atoms. The Kier molecular flexibility index (Phi) is 2.48. The van der Waals surface area contributed by atoms with Crippen LogP contribution in [0.1, 0.15) is 0 Å². The molecule has 1 aromatic carbocycles. The number of rotatable bonds is 1. The van der Waals surface area contributed by atoms with Gasteiger partial charge in [-0.05, 0) is 6.07 Å². The SMILES string of the molecule is COc1cccc2c(Cl)ncc(Cl)c12. The molecule has 14 heavy (non-hydrogen) atoms. The smallest absolute Gasteiger partial charge is 0.137 e. The Labute approximate surface area is 91.4 Å². The van der Waals surface area contributed by atoms with Crippen LogP contribution in [0.25, 0.3) is 10.8 Å². The predicted octanol–water partition coefficient (Wildman–Crippen LogP) is 3.55. The second kappa shape index (κ2) is 3.64. The van der Waals surface area contributed by atoms with Crippen molar-refractivity contribution in [3.8, 4) is 5.75 Å². The summed E-state index contributed by atoms with van der Waals surface area (Å²) in [4.78, 5) is 3.96. The van der Waals surface area contributed by atoms with Gasteiger partial charge in [0, 0.05) is 17.0 Å². The van der Waals surface area contributed by atoms with E-state index in [1.807, 2.05) is 18.2 Å². The number of pyridine rings is 1. The van der Waals surface area contributed by atoms with Crippen molar-refractivity contribution >= 4 is 34.0 Å². The Bertz CT molecular complexity index is 485. The number of fused-ring (bicyclic) bond motifs is 1. The minimum absolute atomic E-state index is 0.434. The summed E-state index contributed by atoms with van der Waals surface area (Å²) in [5, 5.41) is 2.58. The van der Waals surface area contributed by atoms with Crippen molar-refractivity contribution in [3.05, 3.63) is 34.6 Å². The van der Waals surface area contributed by atoms with Crippen LogP contribution in [0, 0.1) is 0 Å². The lowest BCUT2D eigenvalue weighted by Crippen LogP contribution is -1.87. The standard InChI is InChI=1S/C10H7Cl2NO/c1-14-8-4-2-3-6-9(8)7(11)5-13-10(6)12/h2-5H,1H3. The zero-order valence-electron chi connectivity index (χ0n) is 7.42. The van der Waals surface area contributed by atoms with Gasteiger partial charge < -0.3 is 4.74 Å². The second-order valence-corrected chi connectivity index (χ2v) is 3.54. The fourth-order valence-corrected chi connectivity index (χ4v) is 1.82. The number of hydrogen-bond donors (Lipinski definition) is 0. The van der Waals surface area contributed by atoms with Gasteiger partial charge in [0.15, 0.2) is 0 Å². The Balaban J connectivity index is 2.92. The summed E-state index contributed by atoms with van der Waals surface area (Å²) < 4.78 is 5.19. The molecule has 1 heterocycles. The van der Waals surface area contributed by atoms with Crippen LogP contribution >= 0.6 is 23.2 Å². The molecule has 72 valence electrons. The highest BCUT2D eigenvalue weighted by molar-refractivity contribution is 6.39. The maximum absolute atomic E-state index is 6.01. The first-order chi connectivity index (χ1) is 6.74. The van der Waals surface area contributed by atoms with Crippen molar-refractivity contribution in [3.63, 3.8) is 0 Å². The summed E-state index contributed by atoms with van der Waals surface area (Å²) >= 11 is 11.9. The van der Waals surface area contributed by atoms with Crippen molar-refractivity contribution in [2.45, 2.75) is 0 Å². The lowest BCUT2D eigenvalue weighted by atomic mass is 10.1. The summed E-state index contributed by atoms with van der Waals surface area (Å²) in [6.45, 7) is 0. The minimum Gasteiger partial charge on any atom is -0.496 e. The van der Waals surface area contributed by atoms with E-state index < -0.39 is 0 Å². The average molecular weight is 228 g/mol. The Morgan fingerprint density at radius 3 is 2.79 bits per heavy atom. The summed E-state index contributed by atoms with van der Waals surface area (Å²) in [6, 6.07) is 5.55. The van der Waals surface area contributed by atoms with Crippen LogP contribution in [0.4, 0.5) is 0 Å². The molecule has 0 fully saturated rings. The van der Waals surface area contributed by atoms with Crippen molar-refractivity contribution in [2.75, 3.05) is 7.11 Å². The monoisotopic (exact) mass is 227 g/mol. The third-order valence-corrected chi connectivity index (χ3v) is 2.59. The first-order valence-electron chi connectivity index (χ1n) is 4.00. The van der Waals surface area contributed by atoms with Gasteiger partial charge in [0.1, 0.15) is 10.9 Å². The second-order valence-electron chi connectivity index (χ2n) is 2.78. The van der Waals surface area contributed by atoms with Gasteiger partial charge in [-0.25, -0.2) is 4.98 Å². The van der Waals surface area contributed by atoms with Gasteiger partial charge in [-0.15, -0.1) is 0 Å². The largest absolute Gasteiger partial charge is 0.496 e. The molecule has 0 radical (unpaired) electrons. The molecule has 2 rings (SSSR count). The summed E-state index contributed by atoms with van der Waals surface area (Å²) in [6.07, 6.45) is 1.52. The van der Waals surface area contributed by atoms with Crippen molar-refractivity contribution in [1.29, 1.82) is 0 Å². The minimum atomic E-state index is 0.434. The number of methoxy groups -OCH3 is 1. The lowest BCUT2D eigenvalue weighted by molar-refractivity contribution is 0.420. The molecular weight excluding hydrogens is 221 g/mol. The number of aromatic nitrogens is 1. The summed E-state index contributed by atoms with van der Waals surface area (Å²) in [7, 11) is 1.60. The third-order valence-electron chi connectivity index (χ3n) is 2.00. The van der Waals surface area contributed by atoms with E-state index in [0.29, 0.717) is 15.9 Å². The van der Waals surface area contributed by atoms with Gasteiger partial charge in [0.2, 0.25) is 0 Å². The van der Waals surface area contributed by atoms with Crippen molar-refractivity contribution < 1.29 is 4.74 Å². The van der Waals surface area contributed by atoms with Gasteiger partial charge in [-0.3, -0.25) is 0 Å². The molecule has 0 atom stereocenters. The van der Waals surface area contributed by atoms with E-state index in [4.69, 9.17) is 27.9 Å². The summed E-state index contributed by atoms with van der Waals surface area (Å²) in [5.41, 5.74) is 0. The van der Waals surface area contributed by atoms with E-state index in [0.717, 1.165) is 10.8 Å². The number of ether oxygens (including phenoxy) is 1. The van der Waals surface area contributed by atoms with Crippen LogP contribution in [-0.2, 0) is 0 Å². The van der Waals surface area contributed by atoms with Gasteiger partial charge in [-0.1, -0.05) is 35.3 Å². The number of halogens is 2. The van der Waals surface area contributed by atoms with Gasteiger partial charge in [0.05, 0.1) is 12.1 Å². The van der Waals surface area contributed by atoms with E-state index >= 15 is 0 Å². The molecule has 0 aliphatic rings. The Hall–Kier alpha value is -0.990. The predicted molar refractivity (Wildman–Crippen MR) is 58.3 cm³/mol.